The van der Waals surface area contributed by atoms with Crippen LogP contribution in [-0.4, -0.2) is 35.4 Å². The van der Waals surface area contributed by atoms with Crippen molar-refractivity contribution < 1.29 is 14.4 Å². The Morgan fingerprint density at radius 2 is 1.76 bits per heavy atom. The molecule has 1 aliphatic heterocycles. The lowest BCUT2D eigenvalue weighted by molar-refractivity contribution is -0.0365. The lowest BCUT2D eigenvalue weighted by Gasteiger charge is -2.29. The normalized spacial score (nSPS) is 25.4. The number of hydrogen-bond donors (Lipinski definition) is 2. The van der Waals surface area contributed by atoms with Crippen LogP contribution < -0.4 is 5.32 Å². The van der Waals surface area contributed by atoms with Gasteiger partial charge in [-0.15, -0.1) is 0 Å². The van der Waals surface area contributed by atoms with Crippen LogP contribution in [0.1, 0.15) is 63.1 Å². The largest absolute Gasteiger partial charge is 0.380 e. The Morgan fingerprint density at radius 3 is 2.38 bits per heavy atom. The Balaban J connectivity index is 1.85. The minimum absolute atomic E-state index is 0.347. The highest BCUT2D eigenvalue weighted by atomic mass is 16.5. The quantitative estimate of drug-likeness (QED) is 0.828. The van der Waals surface area contributed by atoms with E-state index in [2.05, 4.69) is 15.5 Å². The van der Waals surface area contributed by atoms with Crippen molar-refractivity contribution >= 4 is 0 Å². The minimum atomic E-state index is -0.990. The molecule has 2 heterocycles. The summed E-state index contributed by atoms with van der Waals surface area (Å²) in [6.45, 7) is 1.53. The van der Waals surface area contributed by atoms with Gasteiger partial charge in [-0.3, -0.25) is 0 Å². The van der Waals surface area contributed by atoms with Crippen LogP contribution in [0.25, 0.3) is 0 Å². The molecule has 1 aromatic rings. The van der Waals surface area contributed by atoms with Crippen LogP contribution in [0, 0.1) is 0 Å². The smallest absolute Gasteiger partial charge is 0.258 e. The third kappa shape index (κ3) is 2.84. The summed E-state index contributed by atoms with van der Waals surface area (Å²) in [5.41, 5.74) is -1.43. The van der Waals surface area contributed by atoms with E-state index in [1.165, 1.54) is 12.8 Å². The molecule has 6 nitrogen and oxygen atoms in total. The Hall–Kier alpha value is -0.980. The third-order valence-electron chi connectivity index (χ3n) is 4.96. The van der Waals surface area contributed by atoms with E-state index in [9.17, 15) is 5.11 Å². The fraction of sp³-hybridized carbons (Fsp3) is 0.867. The second-order valence-corrected chi connectivity index (χ2v) is 6.32. The monoisotopic (exact) mass is 295 g/mol. The topological polar surface area (TPSA) is 80.4 Å². The molecule has 1 aliphatic carbocycles. The number of methoxy groups -OCH3 is 1. The van der Waals surface area contributed by atoms with Crippen molar-refractivity contribution in [2.24, 2.45) is 0 Å². The predicted octanol–water partition coefficient (Wildman–Crippen LogP) is 1.84. The van der Waals surface area contributed by atoms with Gasteiger partial charge in [0.05, 0.1) is 0 Å². The highest BCUT2D eigenvalue weighted by Gasteiger charge is 2.42. The van der Waals surface area contributed by atoms with E-state index in [0.717, 1.165) is 38.8 Å². The van der Waals surface area contributed by atoms with Crippen molar-refractivity contribution in [1.82, 2.24) is 15.5 Å². The molecule has 118 valence electrons. The second kappa shape index (κ2) is 6.02. The van der Waals surface area contributed by atoms with Gasteiger partial charge < -0.3 is 19.7 Å². The summed E-state index contributed by atoms with van der Waals surface area (Å²) in [5, 5.41) is 18.1. The number of ether oxygens (including phenoxy) is 1. The van der Waals surface area contributed by atoms with Crippen molar-refractivity contribution in [3.05, 3.63) is 11.7 Å². The summed E-state index contributed by atoms with van der Waals surface area (Å²) in [4.78, 5) is 4.53. The van der Waals surface area contributed by atoms with Crippen molar-refractivity contribution in [3.63, 3.8) is 0 Å². The van der Waals surface area contributed by atoms with E-state index in [0.29, 0.717) is 24.6 Å². The summed E-state index contributed by atoms with van der Waals surface area (Å²) < 4.78 is 11.2. The standard InChI is InChI=1S/C15H25N3O3/c1-20-15(6-4-2-3-5-7-15)12-17-13(21-18-12)14(19)8-10-16-11-9-14/h16,19H,2-11H2,1H3. The molecule has 3 rings (SSSR count). The van der Waals surface area contributed by atoms with E-state index >= 15 is 0 Å². The summed E-state index contributed by atoms with van der Waals surface area (Å²) in [6, 6.07) is 0. The number of piperidine rings is 1. The molecule has 2 fully saturated rings. The molecular formula is C15H25N3O3. The molecule has 1 saturated carbocycles. The first-order valence-corrected chi connectivity index (χ1v) is 8.01. The molecule has 0 unspecified atom stereocenters. The lowest BCUT2D eigenvalue weighted by atomic mass is 9.91. The summed E-state index contributed by atoms with van der Waals surface area (Å²) in [7, 11) is 1.72. The van der Waals surface area contributed by atoms with Gasteiger partial charge in [-0.1, -0.05) is 30.8 Å². The van der Waals surface area contributed by atoms with Crippen molar-refractivity contribution in [3.8, 4) is 0 Å². The molecule has 1 saturated heterocycles. The number of aliphatic hydroxyl groups is 1. The fourth-order valence-electron chi connectivity index (χ4n) is 3.47. The first-order valence-electron chi connectivity index (χ1n) is 8.01. The molecule has 0 radical (unpaired) electrons. The van der Waals surface area contributed by atoms with Crippen LogP contribution in [0.4, 0.5) is 0 Å². The SMILES string of the molecule is COC1(c2noc(C3(O)CCNCC3)n2)CCCCCC1. The average molecular weight is 295 g/mol. The Kier molecular flexibility index (Phi) is 4.28. The van der Waals surface area contributed by atoms with Crippen LogP contribution in [-0.2, 0) is 15.9 Å². The van der Waals surface area contributed by atoms with Crippen LogP contribution in [0.15, 0.2) is 4.52 Å². The third-order valence-corrected chi connectivity index (χ3v) is 4.96. The molecule has 0 atom stereocenters. The van der Waals surface area contributed by atoms with Gasteiger partial charge in [0.1, 0.15) is 11.2 Å². The van der Waals surface area contributed by atoms with E-state index < -0.39 is 11.2 Å². The lowest BCUT2D eigenvalue weighted by Crippen LogP contribution is -2.40. The van der Waals surface area contributed by atoms with Crippen molar-refractivity contribution in [1.29, 1.82) is 0 Å². The second-order valence-electron chi connectivity index (χ2n) is 6.32. The molecule has 6 heteroatoms. The van der Waals surface area contributed by atoms with E-state index in [1.54, 1.807) is 7.11 Å². The zero-order valence-electron chi connectivity index (χ0n) is 12.7. The van der Waals surface area contributed by atoms with Gasteiger partial charge >= 0.3 is 0 Å². The first-order chi connectivity index (χ1) is 10.2. The van der Waals surface area contributed by atoms with Crippen LogP contribution in [0.3, 0.4) is 0 Å². The first kappa shape index (κ1) is 14.9. The fourth-order valence-corrected chi connectivity index (χ4v) is 3.47. The minimum Gasteiger partial charge on any atom is -0.380 e. The molecule has 2 aliphatic rings. The summed E-state index contributed by atoms with van der Waals surface area (Å²) in [6.07, 6.45) is 7.74. The van der Waals surface area contributed by atoms with Gasteiger partial charge in [0.25, 0.3) is 5.89 Å². The molecule has 1 aromatic heterocycles. The van der Waals surface area contributed by atoms with Gasteiger partial charge in [-0.2, -0.15) is 4.98 Å². The Bertz CT molecular complexity index is 460. The molecule has 0 amide bonds. The molecule has 2 N–H and O–H groups in total. The zero-order chi connectivity index (χ0) is 14.8. The number of nitrogens with one attached hydrogen (secondary N) is 1. The molecular weight excluding hydrogens is 270 g/mol. The highest BCUT2D eigenvalue weighted by Crippen LogP contribution is 2.39. The van der Waals surface area contributed by atoms with Crippen LogP contribution in [0.2, 0.25) is 0 Å². The van der Waals surface area contributed by atoms with Crippen LogP contribution >= 0.6 is 0 Å². The number of hydrogen-bond acceptors (Lipinski definition) is 6. The van der Waals surface area contributed by atoms with Gasteiger partial charge in [0.15, 0.2) is 0 Å². The average Bonchev–Trinajstić information content (AvgIpc) is 2.89. The number of rotatable bonds is 3. The summed E-state index contributed by atoms with van der Waals surface area (Å²) >= 11 is 0. The van der Waals surface area contributed by atoms with Gasteiger partial charge in [0, 0.05) is 7.11 Å². The Labute approximate surface area is 125 Å². The molecule has 0 aromatic carbocycles. The summed E-state index contributed by atoms with van der Waals surface area (Å²) in [5.74, 6) is 0.952. The van der Waals surface area contributed by atoms with E-state index in [1.807, 2.05) is 0 Å². The number of aromatic nitrogens is 2. The Morgan fingerprint density at radius 1 is 1.10 bits per heavy atom. The molecule has 0 spiro atoms. The highest BCUT2D eigenvalue weighted by molar-refractivity contribution is 5.07. The van der Waals surface area contributed by atoms with Crippen molar-refractivity contribution in [2.45, 2.75) is 62.6 Å². The zero-order valence-corrected chi connectivity index (χ0v) is 12.7. The maximum atomic E-state index is 10.7. The van der Waals surface area contributed by atoms with E-state index in [4.69, 9.17) is 9.26 Å². The predicted molar refractivity (Wildman–Crippen MR) is 76.7 cm³/mol. The van der Waals surface area contributed by atoms with E-state index in [-0.39, 0.29) is 0 Å². The van der Waals surface area contributed by atoms with Crippen LogP contribution in [0.5, 0.6) is 0 Å². The maximum absolute atomic E-state index is 10.7. The molecule has 0 bridgehead atoms. The number of nitrogens with zero attached hydrogens (tertiary/aromatic N) is 2. The van der Waals surface area contributed by atoms with Gasteiger partial charge in [-0.25, -0.2) is 0 Å². The maximum Gasteiger partial charge on any atom is 0.258 e. The van der Waals surface area contributed by atoms with Gasteiger partial charge in [-0.05, 0) is 38.8 Å². The van der Waals surface area contributed by atoms with Gasteiger partial charge in [0.2, 0.25) is 5.82 Å². The molecule has 21 heavy (non-hydrogen) atoms. The van der Waals surface area contributed by atoms with Crippen molar-refractivity contribution in [2.75, 3.05) is 20.2 Å².